The van der Waals surface area contributed by atoms with Crippen LogP contribution < -0.4 is 10.2 Å². The first-order valence-corrected chi connectivity index (χ1v) is 7.47. The molecule has 1 aromatic carbocycles. The first kappa shape index (κ1) is 15.3. The van der Waals surface area contributed by atoms with Gasteiger partial charge in [0.05, 0.1) is 12.3 Å². The molecule has 1 aliphatic rings. The number of methoxy groups -OCH3 is 1. The summed E-state index contributed by atoms with van der Waals surface area (Å²) in [7, 11) is 1.73. The Balaban J connectivity index is 2.04. The lowest BCUT2D eigenvalue weighted by Crippen LogP contribution is -2.37. The van der Waals surface area contributed by atoms with Crippen molar-refractivity contribution in [2.45, 2.75) is 26.3 Å². The Bertz CT molecular complexity index is 423. The molecule has 1 atom stereocenters. The van der Waals surface area contributed by atoms with Gasteiger partial charge < -0.3 is 15.0 Å². The van der Waals surface area contributed by atoms with Crippen molar-refractivity contribution in [3.63, 3.8) is 0 Å². The minimum atomic E-state index is -0.113. The number of ether oxygens (including phenoxy) is 1. The van der Waals surface area contributed by atoms with Gasteiger partial charge in [0.2, 0.25) is 0 Å². The molecule has 1 heterocycles. The van der Waals surface area contributed by atoms with Gasteiger partial charge in [0.15, 0.2) is 0 Å². The summed E-state index contributed by atoms with van der Waals surface area (Å²) in [6.07, 6.45) is 2.27. The molecule has 0 amide bonds. The second-order valence-electron chi connectivity index (χ2n) is 5.48. The van der Waals surface area contributed by atoms with Crippen LogP contribution in [0.2, 0.25) is 0 Å². The molecule has 112 valence electrons. The second-order valence-corrected chi connectivity index (χ2v) is 5.48. The van der Waals surface area contributed by atoms with Gasteiger partial charge in [-0.2, -0.15) is 0 Å². The molecule has 0 radical (unpaired) electrons. The molecule has 1 N–H and O–H groups in total. The predicted octanol–water partition coefficient (Wildman–Crippen LogP) is 2.80. The minimum Gasteiger partial charge on any atom is -0.384 e. The highest BCUT2D eigenvalue weighted by Crippen LogP contribution is 2.26. The van der Waals surface area contributed by atoms with Gasteiger partial charge in [0, 0.05) is 26.7 Å². The molecule has 1 aromatic rings. The Hall–Kier alpha value is -1.13. The highest BCUT2D eigenvalue weighted by Gasteiger charge is 2.22. The molecule has 0 aromatic heterocycles. The minimum absolute atomic E-state index is 0.113. The monoisotopic (exact) mass is 280 g/mol. The number of piperidine rings is 1. The Morgan fingerprint density at radius 2 is 2.30 bits per heavy atom. The van der Waals surface area contributed by atoms with E-state index in [4.69, 9.17) is 4.74 Å². The average Bonchev–Trinajstić information content (AvgIpc) is 2.46. The maximum Gasteiger partial charge on any atom is 0.146 e. The molecule has 1 saturated heterocycles. The smallest absolute Gasteiger partial charge is 0.146 e. The Kier molecular flexibility index (Phi) is 5.80. The summed E-state index contributed by atoms with van der Waals surface area (Å²) in [5.41, 5.74) is 1.73. The number of hydrogen-bond donors (Lipinski definition) is 1. The van der Waals surface area contributed by atoms with Gasteiger partial charge in [-0.1, -0.05) is 13.0 Å². The van der Waals surface area contributed by atoms with Crippen LogP contribution in [-0.2, 0) is 11.3 Å². The fourth-order valence-corrected chi connectivity index (χ4v) is 2.84. The van der Waals surface area contributed by atoms with Gasteiger partial charge in [-0.25, -0.2) is 4.39 Å². The molecule has 1 fully saturated rings. The maximum absolute atomic E-state index is 14.3. The van der Waals surface area contributed by atoms with Crippen LogP contribution in [0, 0.1) is 11.7 Å². The molecular weight excluding hydrogens is 255 g/mol. The summed E-state index contributed by atoms with van der Waals surface area (Å²) in [5, 5.41) is 3.22. The first-order valence-electron chi connectivity index (χ1n) is 7.47. The molecule has 0 saturated carbocycles. The normalized spacial score (nSPS) is 19.4. The summed E-state index contributed by atoms with van der Waals surface area (Å²) >= 11 is 0. The van der Waals surface area contributed by atoms with Crippen molar-refractivity contribution in [2.75, 3.05) is 38.3 Å². The highest BCUT2D eigenvalue weighted by molar-refractivity contribution is 5.49. The average molecular weight is 280 g/mol. The number of halogens is 1. The molecule has 1 unspecified atom stereocenters. The summed E-state index contributed by atoms with van der Waals surface area (Å²) in [4.78, 5) is 2.15. The van der Waals surface area contributed by atoms with Crippen molar-refractivity contribution < 1.29 is 9.13 Å². The third-order valence-corrected chi connectivity index (χ3v) is 3.85. The van der Waals surface area contributed by atoms with Crippen LogP contribution in [0.25, 0.3) is 0 Å². The molecular formula is C16H25FN2O. The van der Waals surface area contributed by atoms with Crippen molar-refractivity contribution in [3.05, 3.63) is 29.6 Å². The molecule has 2 rings (SSSR count). The van der Waals surface area contributed by atoms with Crippen molar-refractivity contribution in [3.8, 4) is 0 Å². The van der Waals surface area contributed by atoms with Crippen molar-refractivity contribution in [2.24, 2.45) is 5.92 Å². The molecule has 0 aliphatic carbocycles. The standard InChI is InChI=1S/C16H25FN2O/c1-3-18-10-13-6-7-16(15(17)9-13)19-8-4-5-14(11-19)12-20-2/h6-7,9,14,18H,3-5,8,10-12H2,1-2H3. The summed E-state index contributed by atoms with van der Waals surface area (Å²) < 4.78 is 19.5. The number of hydrogen-bond acceptors (Lipinski definition) is 3. The van der Waals surface area contributed by atoms with Gasteiger partial charge in [-0.05, 0) is 43.0 Å². The third kappa shape index (κ3) is 3.93. The lowest BCUT2D eigenvalue weighted by Gasteiger charge is -2.34. The number of benzene rings is 1. The number of nitrogens with one attached hydrogen (secondary N) is 1. The largest absolute Gasteiger partial charge is 0.384 e. The van der Waals surface area contributed by atoms with E-state index in [1.807, 2.05) is 19.1 Å². The van der Waals surface area contributed by atoms with Gasteiger partial charge in [0.25, 0.3) is 0 Å². The SMILES string of the molecule is CCNCc1ccc(N2CCCC(COC)C2)c(F)c1. The molecule has 1 aliphatic heterocycles. The first-order chi connectivity index (χ1) is 9.74. The van der Waals surface area contributed by atoms with Crippen molar-refractivity contribution >= 4 is 5.69 Å². The maximum atomic E-state index is 14.3. The number of rotatable bonds is 6. The molecule has 0 spiro atoms. The van der Waals surface area contributed by atoms with E-state index in [2.05, 4.69) is 10.2 Å². The van der Waals surface area contributed by atoms with Crippen LogP contribution >= 0.6 is 0 Å². The van der Waals surface area contributed by atoms with Crippen molar-refractivity contribution in [1.29, 1.82) is 0 Å². The van der Waals surface area contributed by atoms with E-state index in [0.29, 0.717) is 5.92 Å². The molecule has 3 nitrogen and oxygen atoms in total. The van der Waals surface area contributed by atoms with E-state index in [-0.39, 0.29) is 5.82 Å². The zero-order valence-corrected chi connectivity index (χ0v) is 12.5. The Labute approximate surface area is 121 Å². The Morgan fingerprint density at radius 3 is 3.00 bits per heavy atom. The van der Waals surface area contributed by atoms with Crippen LogP contribution in [-0.4, -0.2) is 33.4 Å². The Morgan fingerprint density at radius 1 is 1.45 bits per heavy atom. The van der Waals surface area contributed by atoms with Crippen LogP contribution in [0.1, 0.15) is 25.3 Å². The fourth-order valence-electron chi connectivity index (χ4n) is 2.84. The fraction of sp³-hybridized carbons (Fsp3) is 0.625. The van der Waals surface area contributed by atoms with Crippen LogP contribution in [0.5, 0.6) is 0 Å². The van der Waals surface area contributed by atoms with E-state index in [9.17, 15) is 4.39 Å². The van der Waals surface area contributed by atoms with E-state index in [1.165, 1.54) is 6.42 Å². The van der Waals surface area contributed by atoms with Crippen molar-refractivity contribution in [1.82, 2.24) is 5.32 Å². The van der Waals surface area contributed by atoms with Gasteiger partial charge in [-0.3, -0.25) is 0 Å². The highest BCUT2D eigenvalue weighted by atomic mass is 19.1. The third-order valence-electron chi connectivity index (χ3n) is 3.85. The van der Waals surface area contributed by atoms with Gasteiger partial charge in [-0.15, -0.1) is 0 Å². The predicted molar refractivity (Wildman–Crippen MR) is 80.6 cm³/mol. The van der Waals surface area contributed by atoms with Gasteiger partial charge in [0.1, 0.15) is 5.82 Å². The van der Waals surface area contributed by atoms with Gasteiger partial charge >= 0.3 is 0 Å². The number of anilines is 1. The summed E-state index contributed by atoms with van der Waals surface area (Å²) in [6.45, 7) is 6.25. The molecule has 4 heteroatoms. The van der Waals surface area contributed by atoms with Crippen LogP contribution in [0.15, 0.2) is 18.2 Å². The van der Waals surface area contributed by atoms with Crippen LogP contribution in [0.4, 0.5) is 10.1 Å². The number of nitrogens with zero attached hydrogens (tertiary/aromatic N) is 1. The van der Waals surface area contributed by atoms with Crippen LogP contribution in [0.3, 0.4) is 0 Å². The lowest BCUT2D eigenvalue weighted by molar-refractivity contribution is 0.143. The molecule has 20 heavy (non-hydrogen) atoms. The quantitative estimate of drug-likeness (QED) is 0.867. The molecule has 0 bridgehead atoms. The topological polar surface area (TPSA) is 24.5 Å². The van der Waals surface area contributed by atoms with E-state index in [0.717, 1.165) is 50.5 Å². The zero-order chi connectivity index (χ0) is 14.4. The lowest BCUT2D eigenvalue weighted by atomic mass is 9.98. The van der Waals surface area contributed by atoms with E-state index >= 15 is 0 Å². The van der Waals surface area contributed by atoms with E-state index < -0.39 is 0 Å². The zero-order valence-electron chi connectivity index (χ0n) is 12.5. The summed E-state index contributed by atoms with van der Waals surface area (Å²) in [5.74, 6) is 0.396. The summed E-state index contributed by atoms with van der Waals surface area (Å²) in [6, 6.07) is 5.58. The van der Waals surface area contributed by atoms with E-state index in [1.54, 1.807) is 13.2 Å². The second kappa shape index (κ2) is 7.60.